The largest absolute Gasteiger partial charge is 0.394 e. The van der Waals surface area contributed by atoms with E-state index in [2.05, 4.69) is 12.2 Å². The maximum absolute atomic E-state index is 12.0. The van der Waals surface area contributed by atoms with Gasteiger partial charge in [-0.1, -0.05) is 31.9 Å². The molecular weight excluding hydrogens is 300 g/mol. The lowest BCUT2D eigenvalue weighted by Crippen LogP contribution is -2.51. The Morgan fingerprint density at radius 3 is 2.87 bits per heavy atom. The van der Waals surface area contributed by atoms with Crippen molar-refractivity contribution >= 4 is 6.03 Å². The zero-order chi connectivity index (χ0) is 16.8. The van der Waals surface area contributed by atoms with Gasteiger partial charge in [0, 0.05) is 18.2 Å². The van der Waals surface area contributed by atoms with Crippen molar-refractivity contribution in [1.29, 1.82) is 0 Å². The molecule has 2 rings (SSSR count). The molecule has 1 saturated heterocycles. The molecule has 2 aliphatic heterocycles. The monoisotopic (exact) mass is 326 g/mol. The Morgan fingerprint density at radius 2 is 2.22 bits per heavy atom. The molecule has 2 amide bonds. The number of ether oxygens (including phenoxy) is 1. The second kappa shape index (κ2) is 8.44. The van der Waals surface area contributed by atoms with Crippen LogP contribution in [0.1, 0.15) is 39.0 Å². The van der Waals surface area contributed by atoms with Crippen molar-refractivity contribution in [2.24, 2.45) is 0 Å². The first-order chi connectivity index (χ1) is 11.1. The molecule has 23 heavy (non-hydrogen) atoms. The van der Waals surface area contributed by atoms with Crippen LogP contribution in [0.3, 0.4) is 0 Å². The van der Waals surface area contributed by atoms with E-state index in [0.29, 0.717) is 5.57 Å². The molecule has 0 aromatic rings. The predicted molar refractivity (Wildman–Crippen MR) is 84.1 cm³/mol. The number of rotatable bonds is 7. The zero-order valence-electron chi connectivity index (χ0n) is 13.4. The van der Waals surface area contributed by atoms with E-state index < -0.39 is 30.7 Å². The van der Waals surface area contributed by atoms with Crippen molar-refractivity contribution in [2.45, 2.75) is 63.7 Å². The Balaban J connectivity index is 2.02. The third-order valence-electron chi connectivity index (χ3n) is 4.08. The average molecular weight is 326 g/mol. The minimum Gasteiger partial charge on any atom is -0.394 e. The van der Waals surface area contributed by atoms with Gasteiger partial charge in [-0.2, -0.15) is 0 Å². The minimum absolute atomic E-state index is 0.221. The van der Waals surface area contributed by atoms with E-state index in [0.717, 1.165) is 25.7 Å². The number of nitrogens with zero attached hydrogens (tertiary/aromatic N) is 1. The second-order valence-corrected chi connectivity index (χ2v) is 5.90. The Labute approximate surface area is 136 Å². The van der Waals surface area contributed by atoms with Crippen LogP contribution in [-0.4, -0.2) is 57.5 Å². The van der Waals surface area contributed by atoms with E-state index in [9.17, 15) is 15.0 Å². The molecule has 0 saturated carbocycles. The number of amides is 2. The molecule has 0 spiro atoms. The van der Waals surface area contributed by atoms with Crippen LogP contribution >= 0.6 is 0 Å². The smallest absolute Gasteiger partial charge is 0.325 e. The van der Waals surface area contributed by atoms with Crippen LogP contribution in [0.15, 0.2) is 23.9 Å². The number of carbonyl (C=O) groups is 1. The number of unbranched alkanes of at least 4 members (excludes halogenated alkanes) is 3. The number of carbonyl (C=O) groups excluding carboxylic acids is 1. The van der Waals surface area contributed by atoms with Crippen molar-refractivity contribution in [2.75, 3.05) is 6.61 Å². The minimum atomic E-state index is -1.05. The Hall–Kier alpha value is -1.41. The molecule has 0 aromatic heterocycles. The normalized spacial score (nSPS) is 31.6. The van der Waals surface area contributed by atoms with Gasteiger partial charge < -0.3 is 25.4 Å². The topological polar surface area (TPSA) is 102 Å². The Morgan fingerprint density at radius 1 is 1.43 bits per heavy atom. The molecule has 4 N–H and O–H groups in total. The molecule has 130 valence electrons. The summed E-state index contributed by atoms with van der Waals surface area (Å²) in [6.45, 7) is 1.84. The van der Waals surface area contributed by atoms with Crippen LogP contribution in [0, 0.1) is 0 Å². The molecule has 1 fully saturated rings. The van der Waals surface area contributed by atoms with Gasteiger partial charge in [0.2, 0.25) is 0 Å². The third kappa shape index (κ3) is 4.54. The third-order valence-corrected chi connectivity index (χ3v) is 4.08. The van der Waals surface area contributed by atoms with Crippen LogP contribution in [0.25, 0.3) is 0 Å². The van der Waals surface area contributed by atoms with E-state index in [1.807, 2.05) is 6.08 Å². The quantitative estimate of drug-likeness (QED) is 0.519. The molecule has 0 aromatic carbocycles. The maximum Gasteiger partial charge on any atom is 0.325 e. The summed E-state index contributed by atoms with van der Waals surface area (Å²) in [6, 6.07) is -0.489. The molecule has 7 heteroatoms. The SMILES string of the molecule is CCCCC/C=C/C1=CN([C@H]2C[C@H](O)[C@@H](CO)O2)C(=O)NC1O. The number of urea groups is 1. The molecular formula is C16H26N2O5. The highest BCUT2D eigenvalue weighted by Crippen LogP contribution is 2.26. The molecule has 2 aliphatic rings. The van der Waals surface area contributed by atoms with E-state index in [1.54, 1.807) is 6.08 Å². The molecule has 1 unspecified atom stereocenters. The number of hydrogen-bond acceptors (Lipinski definition) is 5. The van der Waals surface area contributed by atoms with Gasteiger partial charge in [0.1, 0.15) is 12.3 Å². The molecule has 0 bridgehead atoms. The highest BCUT2D eigenvalue weighted by atomic mass is 16.5. The fraction of sp³-hybridized carbons (Fsp3) is 0.688. The van der Waals surface area contributed by atoms with Crippen LogP contribution in [0.5, 0.6) is 0 Å². The highest BCUT2D eigenvalue weighted by Gasteiger charge is 2.40. The van der Waals surface area contributed by atoms with Gasteiger partial charge in [-0.05, 0) is 12.8 Å². The summed E-state index contributed by atoms with van der Waals surface area (Å²) >= 11 is 0. The Bertz CT molecular complexity index is 465. The molecule has 0 radical (unpaired) electrons. The lowest BCUT2D eigenvalue weighted by Gasteiger charge is -2.32. The number of nitrogens with one attached hydrogen (secondary N) is 1. The number of aliphatic hydroxyl groups is 3. The first-order valence-electron chi connectivity index (χ1n) is 8.16. The van der Waals surface area contributed by atoms with Crippen LogP contribution in [-0.2, 0) is 4.74 Å². The summed E-state index contributed by atoms with van der Waals surface area (Å²) < 4.78 is 5.49. The second-order valence-electron chi connectivity index (χ2n) is 5.90. The number of aliphatic hydroxyl groups excluding tert-OH is 3. The first-order valence-corrected chi connectivity index (χ1v) is 8.16. The van der Waals surface area contributed by atoms with Gasteiger partial charge in [-0.25, -0.2) is 4.79 Å². The summed E-state index contributed by atoms with van der Waals surface area (Å²) in [5, 5.41) is 31.3. The standard InChI is InChI=1S/C16H26N2O5/c1-2-3-4-5-6-7-11-9-18(16(22)17-15(11)21)14-8-12(20)13(10-19)23-14/h6-7,9,12-15,19-21H,2-5,8,10H2,1H3,(H,17,22)/b7-6+/t12-,13+,14+,15?/m0/s1. The highest BCUT2D eigenvalue weighted by molar-refractivity contribution is 5.78. The van der Waals surface area contributed by atoms with Crippen molar-refractivity contribution in [1.82, 2.24) is 10.2 Å². The van der Waals surface area contributed by atoms with Gasteiger partial charge in [0.15, 0.2) is 6.23 Å². The summed E-state index contributed by atoms with van der Waals surface area (Å²) in [5.41, 5.74) is 0.562. The molecule has 0 aliphatic carbocycles. The fourth-order valence-corrected chi connectivity index (χ4v) is 2.69. The number of hydrogen-bond donors (Lipinski definition) is 4. The van der Waals surface area contributed by atoms with Gasteiger partial charge >= 0.3 is 6.03 Å². The summed E-state index contributed by atoms with van der Waals surface area (Å²) in [4.78, 5) is 13.3. The molecule has 4 atom stereocenters. The summed E-state index contributed by atoms with van der Waals surface area (Å²) in [5.74, 6) is 0. The van der Waals surface area contributed by atoms with E-state index in [-0.39, 0.29) is 13.0 Å². The lowest BCUT2D eigenvalue weighted by molar-refractivity contribution is -0.0559. The fourth-order valence-electron chi connectivity index (χ4n) is 2.69. The number of allylic oxidation sites excluding steroid dienone is 1. The Kier molecular flexibility index (Phi) is 6.59. The van der Waals surface area contributed by atoms with Crippen molar-refractivity contribution < 1.29 is 24.9 Å². The van der Waals surface area contributed by atoms with E-state index in [1.165, 1.54) is 11.1 Å². The van der Waals surface area contributed by atoms with Crippen molar-refractivity contribution in [3.8, 4) is 0 Å². The van der Waals surface area contributed by atoms with Gasteiger partial charge in [0.25, 0.3) is 0 Å². The van der Waals surface area contributed by atoms with Crippen molar-refractivity contribution in [3.05, 3.63) is 23.9 Å². The van der Waals surface area contributed by atoms with Gasteiger partial charge in [-0.15, -0.1) is 0 Å². The van der Waals surface area contributed by atoms with Crippen LogP contribution in [0.2, 0.25) is 0 Å². The lowest BCUT2D eigenvalue weighted by atomic mass is 10.1. The summed E-state index contributed by atoms with van der Waals surface area (Å²) in [7, 11) is 0. The van der Waals surface area contributed by atoms with Crippen LogP contribution < -0.4 is 5.32 Å². The van der Waals surface area contributed by atoms with Crippen molar-refractivity contribution in [3.63, 3.8) is 0 Å². The zero-order valence-corrected chi connectivity index (χ0v) is 13.4. The average Bonchev–Trinajstić information content (AvgIpc) is 2.89. The predicted octanol–water partition coefficient (Wildman–Crippen LogP) is 0.819. The maximum atomic E-state index is 12.0. The summed E-state index contributed by atoms with van der Waals surface area (Å²) in [6.07, 6.45) is 6.62. The van der Waals surface area contributed by atoms with E-state index in [4.69, 9.17) is 9.84 Å². The van der Waals surface area contributed by atoms with E-state index >= 15 is 0 Å². The first kappa shape index (κ1) is 17.9. The molecule has 7 nitrogen and oxygen atoms in total. The van der Waals surface area contributed by atoms with Gasteiger partial charge in [-0.3, -0.25) is 4.90 Å². The van der Waals surface area contributed by atoms with Gasteiger partial charge in [0.05, 0.1) is 12.7 Å². The molecule has 2 heterocycles. The van der Waals surface area contributed by atoms with Crippen LogP contribution in [0.4, 0.5) is 4.79 Å².